The van der Waals surface area contributed by atoms with Gasteiger partial charge in [0.2, 0.25) is 5.91 Å². The Kier molecular flexibility index (Phi) is 4.87. The number of esters is 1. The molecule has 1 amide bonds. The molecule has 0 saturated carbocycles. The number of methoxy groups -OCH3 is 1. The normalized spacial score (nSPS) is 12.0. The number of nitrogens with zero attached hydrogens (tertiary/aromatic N) is 2. The lowest BCUT2D eigenvalue weighted by Gasteiger charge is -2.12. The average molecular weight is 342 g/mol. The molecule has 2 rings (SSSR count). The van der Waals surface area contributed by atoms with Gasteiger partial charge in [0, 0.05) is 11.1 Å². The fraction of sp³-hybridized carbons (Fsp3) is 0.357. The molecular formula is C14H16ClN3O3S. The quantitative estimate of drug-likeness (QED) is 0.867. The van der Waals surface area contributed by atoms with Crippen LogP contribution in [-0.4, -0.2) is 28.8 Å². The molecule has 1 atom stereocenters. The van der Waals surface area contributed by atoms with Gasteiger partial charge in [-0.3, -0.25) is 9.48 Å². The van der Waals surface area contributed by atoms with Crippen molar-refractivity contribution in [2.45, 2.75) is 26.8 Å². The van der Waals surface area contributed by atoms with Crippen LogP contribution in [0, 0.1) is 13.8 Å². The fourth-order valence-corrected chi connectivity index (χ4v) is 2.90. The monoisotopic (exact) mass is 341 g/mol. The zero-order valence-corrected chi connectivity index (χ0v) is 14.2. The molecule has 0 bridgehead atoms. The predicted octanol–water partition coefficient (Wildman–Crippen LogP) is 3.20. The first-order valence-corrected chi connectivity index (χ1v) is 7.73. The number of rotatable bonds is 4. The Hall–Kier alpha value is -1.86. The summed E-state index contributed by atoms with van der Waals surface area (Å²) in [5, 5.41) is 7.91. The van der Waals surface area contributed by atoms with E-state index in [0.717, 1.165) is 4.88 Å². The number of ether oxygens (including phenoxy) is 1. The Morgan fingerprint density at radius 1 is 1.45 bits per heavy atom. The number of carbonyl (C=O) groups excluding carboxylic acids is 2. The molecule has 0 fully saturated rings. The summed E-state index contributed by atoms with van der Waals surface area (Å²) in [6.07, 6.45) is 1.60. The highest BCUT2D eigenvalue weighted by molar-refractivity contribution is 7.16. The highest BCUT2D eigenvalue weighted by Gasteiger charge is 2.22. The lowest BCUT2D eigenvalue weighted by Crippen LogP contribution is -2.24. The van der Waals surface area contributed by atoms with E-state index in [9.17, 15) is 9.59 Å². The minimum absolute atomic E-state index is 0.286. The molecule has 2 aromatic heterocycles. The van der Waals surface area contributed by atoms with E-state index in [-0.39, 0.29) is 5.91 Å². The largest absolute Gasteiger partial charge is 0.465 e. The Balaban J connectivity index is 2.20. The SMILES string of the molecule is COC(=O)c1cc(C)sc1NC(=O)C(C)n1cc(Cl)c(C)n1. The van der Waals surface area contributed by atoms with Crippen LogP contribution < -0.4 is 5.32 Å². The Morgan fingerprint density at radius 2 is 2.14 bits per heavy atom. The molecule has 0 aromatic carbocycles. The van der Waals surface area contributed by atoms with E-state index in [1.807, 2.05) is 6.92 Å². The number of thiophene rings is 1. The number of amides is 1. The molecule has 1 unspecified atom stereocenters. The summed E-state index contributed by atoms with van der Waals surface area (Å²) < 4.78 is 6.21. The average Bonchev–Trinajstić information content (AvgIpc) is 3.00. The van der Waals surface area contributed by atoms with Crippen LogP contribution >= 0.6 is 22.9 Å². The van der Waals surface area contributed by atoms with E-state index >= 15 is 0 Å². The van der Waals surface area contributed by atoms with Crippen LogP contribution in [0.5, 0.6) is 0 Å². The van der Waals surface area contributed by atoms with Gasteiger partial charge in [-0.05, 0) is 26.8 Å². The third-order valence-electron chi connectivity index (χ3n) is 3.13. The molecule has 22 heavy (non-hydrogen) atoms. The number of nitrogens with one attached hydrogen (secondary N) is 1. The number of carbonyl (C=O) groups is 2. The molecule has 6 nitrogen and oxygen atoms in total. The van der Waals surface area contributed by atoms with Gasteiger partial charge < -0.3 is 10.1 Å². The summed E-state index contributed by atoms with van der Waals surface area (Å²) in [5.41, 5.74) is 1.00. The molecule has 2 aromatic rings. The Labute approximate surface area is 137 Å². The Morgan fingerprint density at radius 3 is 2.68 bits per heavy atom. The molecule has 8 heteroatoms. The summed E-state index contributed by atoms with van der Waals surface area (Å²) in [5.74, 6) is -0.767. The van der Waals surface area contributed by atoms with E-state index < -0.39 is 12.0 Å². The van der Waals surface area contributed by atoms with E-state index in [4.69, 9.17) is 16.3 Å². The number of aryl methyl sites for hydroxylation is 2. The van der Waals surface area contributed by atoms with Gasteiger partial charge in [0.15, 0.2) is 0 Å². The second kappa shape index (κ2) is 6.50. The summed E-state index contributed by atoms with van der Waals surface area (Å²) >= 11 is 7.27. The number of aromatic nitrogens is 2. The topological polar surface area (TPSA) is 73.2 Å². The van der Waals surface area contributed by atoms with Crippen LogP contribution in [0.2, 0.25) is 5.02 Å². The minimum Gasteiger partial charge on any atom is -0.465 e. The zero-order chi connectivity index (χ0) is 16.4. The van der Waals surface area contributed by atoms with Crippen LogP contribution in [0.15, 0.2) is 12.3 Å². The van der Waals surface area contributed by atoms with E-state index in [2.05, 4.69) is 10.4 Å². The smallest absolute Gasteiger partial charge is 0.340 e. The van der Waals surface area contributed by atoms with Crippen molar-refractivity contribution in [1.29, 1.82) is 0 Å². The summed E-state index contributed by atoms with van der Waals surface area (Å²) in [7, 11) is 1.30. The van der Waals surface area contributed by atoms with Crippen molar-refractivity contribution in [3.05, 3.63) is 33.4 Å². The second-order valence-corrected chi connectivity index (χ2v) is 6.46. The molecule has 0 aliphatic rings. The lowest BCUT2D eigenvalue weighted by atomic mass is 10.2. The van der Waals surface area contributed by atoms with Crippen molar-refractivity contribution in [3.63, 3.8) is 0 Å². The van der Waals surface area contributed by atoms with Crippen LogP contribution in [0.4, 0.5) is 5.00 Å². The van der Waals surface area contributed by atoms with Gasteiger partial charge in [-0.15, -0.1) is 11.3 Å². The number of hydrogen-bond acceptors (Lipinski definition) is 5. The highest BCUT2D eigenvalue weighted by atomic mass is 35.5. The molecule has 0 saturated heterocycles. The van der Waals surface area contributed by atoms with Gasteiger partial charge >= 0.3 is 5.97 Å². The van der Waals surface area contributed by atoms with Crippen molar-refractivity contribution in [2.24, 2.45) is 0 Å². The summed E-state index contributed by atoms with van der Waals surface area (Å²) in [6, 6.07) is 1.13. The predicted molar refractivity (Wildman–Crippen MR) is 85.7 cm³/mol. The molecule has 118 valence electrons. The maximum atomic E-state index is 12.3. The minimum atomic E-state index is -0.556. The van der Waals surface area contributed by atoms with Crippen molar-refractivity contribution in [3.8, 4) is 0 Å². The van der Waals surface area contributed by atoms with Gasteiger partial charge in [-0.2, -0.15) is 5.10 Å². The maximum Gasteiger partial charge on any atom is 0.340 e. The van der Waals surface area contributed by atoms with Crippen molar-refractivity contribution >= 4 is 39.8 Å². The molecule has 0 radical (unpaired) electrons. The third kappa shape index (κ3) is 3.31. The van der Waals surface area contributed by atoms with Gasteiger partial charge in [-0.25, -0.2) is 4.79 Å². The Bertz CT molecular complexity index is 703. The molecule has 2 heterocycles. The van der Waals surface area contributed by atoms with E-state index in [1.54, 1.807) is 26.1 Å². The lowest BCUT2D eigenvalue weighted by molar-refractivity contribution is -0.119. The van der Waals surface area contributed by atoms with Crippen LogP contribution in [0.1, 0.15) is 33.9 Å². The van der Waals surface area contributed by atoms with E-state index in [1.165, 1.54) is 23.1 Å². The first-order valence-electron chi connectivity index (χ1n) is 6.54. The third-order valence-corrected chi connectivity index (χ3v) is 4.47. The van der Waals surface area contributed by atoms with E-state index in [0.29, 0.717) is 21.3 Å². The van der Waals surface area contributed by atoms with Gasteiger partial charge in [0.05, 0.1) is 23.4 Å². The summed E-state index contributed by atoms with van der Waals surface area (Å²) in [6.45, 7) is 5.32. The van der Waals surface area contributed by atoms with Crippen molar-refractivity contribution < 1.29 is 14.3 Å². The second-order valence-electron chi connectivity index (χ2n) is 4.80. The fourth-order valence-electron chi connectivity index (χ4n) is 1.86. The summed E-state index contributed by atoms with van der Waals surface area (Å²) in [4.78, 5) is 25.0. The molecule has 0 spiro atoms. The van der Waals surface area contributed by atoms with Crippen LogP contribution in [0.3, 0.4) is 0 Å². The highest BCUT2D eigenvalue weighted by Crippen LogP contribution is 2.29. The number of anilines is 1. The molecule has 0 aliphatic heterocycles. The zero-order valence-electron chi connectivity index (χ0n) is 12.6. The van der Waals surface area contributed by atoms with Gasteiger partial charge in [0.25, 0.3) is 0 Å². The van der Waals surface area contributed by atoms with Crippen molar-refractivity contribution in [1.82, 2.24) is 9.78 Å². The number of hydrogen-bond donors (Lipinski definition) is 1. The molecule has 1 N–H and O–H groups in total. The van der Waals surface area contributed by atoms with Gasteiger partial charge in [0.1, 0.15) is 11.0 Å². The maximum absolute atomic E-state index is 12.3. The standard InChI is InChI=1S/C14H16ClN3O3S/c1-7-5-10(14(20)21-4)13(22-7)16-12(19)9(3)18-6-11(15)8(2)17-18/h5-6,9H,1-4H3,(H,16,19). The first-order chi connectivity index (χ1) is 10.3. The van der Waals surface area contributed by atoms with Gasteiger partial charge in [-0.1, -0.05) is 11.6 Å². The molecular weight excluding hydrogens is 326 g/mol. The van der Waals surface area contributed by atoms with Crippen LogP contribution in [0.25, 0.3) is 0 Å². The van der Waals surface area contributed by atoms with Crippen molar-refractivity contribution in [2.75, 3.05) is 12.4 Å². The van der Waals surface area contributed by atoms with Crippen LogP contribution in [-0.2, 0) is 9.53 Å². The molecule has 0 aliphatic carbocycles. The first kappa shape index (κ1) is 16.5. The number of halogens is 1.